The molecule has 2 N–H and O–H groups in total. The minimum Gasteiger partial charge on any atom is -0.362 e. The van der Waals surface area contributed by atoms with Crippen LogP contribution in [-0.4, -0.2) is 52.2 Å². The van der Waals surface area contributed by atoms with Crippen LogP contribution in [0.1, 0.15) is 35.8 Å². The van der Waals surface area contributed by atoms with Crippen molar-refractivity contribution in [3.05, 3.63) is 53.3 Å². The van der Waals surface area contributed by atoms with E-state index in [-0.39, 0.29) is 12.1 Å². The molecule has 1 unspecified atom stereocenters. The first-order valence-electron chi connectivity index (χ1n) is 9.67. The molecule has 1 fully saturated rings. The van der Waals surface area contributed by atoms with E-state index < -0.39 is 18.1 Å². The van der Waals surface area contributed by atoms with E-state index in [9.17, 15) is 9.59 Å². The quantitative estimate of drug-likeness (QED) is 0.434. The Morgan fingerprint density at radius 3 is 2.90 bits per heavy atom. The van der Waals surface area contributed by atoms with Crippen LogP contribution < -0.4 is 10.8 Å². The minimum atomic E-state index is -0.783. The molecule has 10 heteroatoms. The van der Waals surface area contributed by atoms with E-state index in [1.54, 1.807) is 36.8 Å². The number of fused-ring (bicyclic) bond motifs is 4. The molecule has 1 aromatic carbocycles. The summed E-state index contributed by atoms with van der Waals surface area (Å²) in [5.41, 5.74) is 5.35. The highest BCUT2D eigenvalue weighted by Gasteiger charge is 2.46. The number of rotatable bonds is 5. The van der Waals surface area contributed by atoms with E-state index in [2.05, 4.69) is 20.9 Å². The number of nitrogens with one attached hydrogen (secondary N) is 2. The second-order valence-corrected chi connectivity index (χ2v) is 7.24. The Bertz CT molecular complexity index is 973. The minimum absolute atomic E-state index is 0.107. The zero-order valence-electron chi connectivity index (χ0n) is 17.0. The molecule has 10 nitrogen and oxygen atoms in total. The molecule has 30 heavy (non-hydrogen) atoms. The molecule has 2 amide bonds. The molecule has 0 saturated carbocycles. The van der Waals surface area contributed by atoms with Gasteiger partial charge in [-0.2, -0.15) is 5.10 Å². The number of aryl methyl sites for hydroxylation is 1. The highest BCUT2D eigenvalue weighted by molar-refractivity contribution is 5.94. The van der Waals surface area contributed by atoms with Gasteiger partial charge in [0.25, 0.3) is 0 Å². The molecule has 4 rings (SSSR count). The van der Waals surface area contributed by atoms with Gasteiger partial charge < -0.3 is 19.8 Å². The fourth-order valence-corrected chi connectivity index (χ4v) is 3.72. The van der Waals surface area contributed by atoms with Crippen molar-refractivity contribution < 1.29 is 19.2 Å². The summed E-state index contributed by atoms with van der Waals surface area (Å²) in [6.45, 7) is 2.41. The normalized spacial score (nSPS) is 21.1. The standard InChI is InChI=1S/C20H24N6O4/c1-12(29-11-13-7-5-4-6-8-13)19(27)30-24-18(21-2)17-16-14(9-22-25(16)3)15-10-26(17)20(28)23-15/h4-9,12,15,17H,10-11H2,1-3H3,(H,21,24)(H,23,28)/t12?,15-,17-/m0/s1. The molecule has 2 bridgehead atoms. The summed E-state index contributed by atoms with van der Waals surface area (Å²) >= 11 is 0. The van der Waals surface area contributed by atoms with Crippen molar-refractivity contribution in [2.45, 2.75) is 31.7 Å². The summed E-state index contributed by atoms with van der Waals surface area (Å²) in [5, 5.41) is 7.25. The zero-order chi connectivity index (χ0) is 21.3. The lowest BCUT2D eigenvalue weighted by Crippen LogP contribution is -2.45. The fraction of sp³-hybridized carbons (Fsp3) is 0.400. The molecule has 3 heterocycles. The lowest BCUT2D eigenvalue weighted by molar-refractivity contribution is -0.161. The largest absolute Gasteiger partial charge is 0.362 e. The van der Waals surface area contributed by atoms with Crippen molar-refractivity contribution in [1.29, 1.82) is 0 Å². The van der Waals surface area contributed by atoms with E-state index in [0.29, 0.717) is 19.0 Å². The van der Waals surface area contributed by atoms with Gasteiger partial charge in [0.1, 0.15) is 6.04 Å². The van der Waals surface area contributed by atoms with Gasteiger partial charge in [0.05, 0.1) is 24.5 Å². The monoisotopic (exact) mass is 412 g/mol. The summed E-state index contributed by atoms with van der Waals surface area (Å²) in [5.74, 6) is -0.254. The number of urea groups is 1. The Balaban J connectivity index is 1.42. The first-order valence-corrected chi connectivity index (χ1v) is 9.67. The summed E-state index contributed by atoms with van der Waals surface area (Å²) in [6, 6.07) is 8.72. The number of ether oxygens (including phenoxy) is 1. The number of carbonyl (C=O) groups is 2. The van der Waals surface area contributed by atoms with Crippen molar-refractivity contribution in [1.82, 2.24) is 25.5 Å². The average Bonchev–Trinajstić information content (AvgIpc) is 3.30. The van der Waals surface area contributed by atoms with Gasteiger partial charge in [-0.15, -0.1) is 0 Å². The van der Waals surface area contributed by atoms with Gasteiger partial charge in [-0.25, -0.2) is 15.1 Å². The summed E-state index contributed by atoms with van der Waals surface area (Å²) in [6.07, 6.45) is 0.961. The molecule has 158 valence electrons. The van der Waals surface area contributed by atoms with Crippen molar-refractivity contribution in [2.75, 3.05) is 13.6 Å². The molecular formula is C20H24N6O4. The van der Waals surface area contributed by atoms with Crippen molar-refractivity contribution in [3.63, 3.8) is 0 Å². The van der Waals surface area contributed by atoms with Crippen LogP contribution in [0.2, 0.25) is 0 Å². The molecule has 0 radical (unpaired) electrons. The third kappa shape index (κ3) is 3.61. The maximum absolute atomic E-state index is 12.4. The number of aliphatic imine (C=N–C) groups is 1. The number of carbonyl (C=O) groups excluding carboxylic acids is 2. The predicted molar refractivity (Wildman–Crippen MR) is 107 cm³/mol. The first kappa shape index (κ1) is 19.9. The van der Waals surface area contributed by atoms with Gasteiger partial charge in [-0.3, -0.25) is 9.67 Å². The molecule has 0 aliphatic carbocycles. The third-order valence-electron chi connectivity index (χ3n) is 5.33. The van der Waals surface area contributed by atoms with E-state index in [1.807, 2.05) is 30.3 Å². The summed E-state index contributed by atoms with van der Waals surface area (Å²) < 4.78 is 7.30. The molecule has 2 aromatic rings. The molecule has 1 saturated heterocycles. The second kappa shape index (κ2) is 8.15. The molecule has 0 spiro atoms. The third-order valence-corrected chi connectivity index (χ3v) is 5.33. The Hall–Kier alpha value is -3.40. The van der Waals surface area contributed by atoms with E-state index >= 15 is 0 Å². The molecule has 3 atom stereocenters. The van der Waals surface area contributed by atoms with Gasteiger partial charge in [0.2, 0.25) is 0 Å². The fourth-order valence-electron chi connectivity index (χ4n) is 3.72. The van der Waals surface area contributed by atoms with Gasteiger partial charge in [0, 0.05) is 26.2 Å². The number of hydrogen-bond donors (Lipinski definition) is 2. The van der Waals surface area contributed by atoms with Crippen molar-refractivity contribution in [3.8, 4) is 0 Å². The van der Waals surface area contributed by atoms with Crippen LogP contribution in [0.3, 0.4) is 0 Å². The number of nitrogens with zero attached hydrogens (tertiary/aromatic N) is 4. The van der Waals surface area contributed by atoms with Gasteiger partial charge in [-0.1, -0.05) is 30.3 Å². The van der Waals surface area contributed by atoms with Gasteiger partial charge >= 0.3 is 12.0 Å². The highest BCUT2D eigenvalue weighted by atomic mass is 16.7. The first-order chi connectivity index (χ1) is 14.5. The van der Waals surface area contributed by atoms with Crippen molar-refractivity contribution in [2.24, 2.45) is 12.0 Å². The maximum Gasteiger partial charge on any atom is 0.360 e. The lowest BCUT2D eigenvalue weighted by Gasteiger charge is -2.32. The molecule has 1 aromatic heterocycles. The molecular weight excluding hydrogens is 388 g/mol. The van der Waals surface area contributed by atoms with Crippen LogP contribution in [0, 0.1) is 0 Å². The number of amidine groups is 1. The smallest absolute Gasteiger partial charge is 0.360 e. The Labute approximate surface area is 173 Å². The SMILES string of the molecule is CN=C(NOC(=O)C(C)OCc1ccccc1)[C@@H]1c2c(cnn2C)[C@@H]2CN1C(=O)N2. The summed E-state index contributed by atoms with van der Waals surface area (Å²) in [4.78, 5) is 35.9. The zero-order valence-corrected chi connectivity index (χ0v) is 17.0. The Kier molecular flexibility index (Phi) is 5.40. The van der Waals surface area contributed by atoms with E-state index in [0.717, 1.165) is 16.8 Å². The number of hydrogen-bond acceptors (Lipinski definition) is 6. The number of hydroxylamine groups is 1. The molecule has 2 aliphatic heterocycles. The van der Waals surface area contributed by atoms with Crippen LogP contribution in [-0.2, 0) is 28.0 Å². The number of benzene rings is 1. The predicted octanol–water partition coefficient (Wildman–Crippen LogP) is 1.22. The van der Waals surface area contributed by atoms with Crippen molar-refractivity contribution >= 4 is 17.8 Å². The highest BCUT2D eigenvalue weighted by Crippen LogP contribution is 2.38. The Morgan fingerprint density at radius 1 is 1.40 bits per heavy atom. The lowest BCUT2D eigenvalue weighted by atomic mass is 9.97. The number of aromatic nitrogens is 2. The second-order valence-electron chi connectivity index (χ2n) is 7.24. The van der Waals surface area contributed by atoms with Crippen LogP contribution in [0.5, 0.6) is 0 Å². The van der Waals surface area contributed by atoms with E-state index in [1.165, 1.54) is 0 Å². The Morgan fingerprint density at radius 2 is 2.17 bits per heavy atom. The van der Waals surface area contributed by atoms with Gasteiger partial charge in [0.15, 0.2) is 11.9 Å². The maximum atomic E-state index is 12.4. The number of amides is 2. The van der Waals surface area contributed by atoms with Crippen LogP contribution in [0.25, 0.3) is 0 Å². The van der Waals surface area contributed by atoms with Crippen LogP contribution in [0.4, 0.5) is 4.79 Å². The summed E-state index contributed by atoms with van der Waals surface area (Å²) in [7, 11) is 3.38. The van der Waals surface area contributed by atoms with Crippen LogP contribution >= 0.6 is 0 Å². The van der Waals surface area contributed by atoms with Gasteiger partial charge in [-0.05, 0) is 12.5 Å². The van der Waals surface area contributed by atoms with E-state index in [4.69, 9.17) is 9.57 Å². The topological polar surface area (TPSA) is 110 Å². The average molecular weight is 412 g/mol. The van der Waals surface area contributed by atoms with Crippen LogP contribution in [0.15, 0.2) is 41.5 Å². The molecule has 2 aliphatic rings.